The molecule has 21 heavy (non-hydrogen) atoms. The molecule has 3 nitrogen and oxygen atoms in total. The molecule has 3 heteroatoms. The molecular formula is C18H37NO2. The van der Waals surface area contributed by atoms with E-state index in [-0.39, 0.29) is 6.61 Å². The van der Waals surface area contributed by atoms with Gasteiger partial charge in [0, 0.05) is 0 Å². The lowest BCUT2D eigenvalue weighted by Gasteiger charge is -2.11. The maximum atomic E-state index is 9.65. The second-order valence-corrected chi connectivity index (χ2v) is 5.94. The first-order valence-electron chi connectivity index (χ1n) is 9.31. The van der Waals surface area contributed by atoms with Gasteiger partial charge in [-0.1, -0.05) is 83.3 Å². The summed E-state index contributed by atoms with van der Waals surface area (Å²) in [7, 11) is 0. The van der Waals surface area contributed by atoms with E-state index in [1.807, 2.05) is 0 Å². The molecule has 0 saturated heterocycles. The van der Waals surface area contributed by atoms with Crippen molar-refractivity contribution in [3.63, 3.8) is 0 Å². The molecule has 0 aliphatic carbocycles. The monoisotopic (exact) mass is 301 g/mol. The van der Waals surface area contributed by atoms with Gasteiger partial charge in [-0.3, -0.25) is 0 Å². The predicted molar refractivity (Wildman–Crippen MR) is 91.3 cm³/mol. The van der Waals surface area contributed by atoms with Crippen molar-refractivity contribution in [2.24, 2.45) is 5.73 Å². The molecule has 126 valence electrons. The third kappa shape index (κ3) is 14.3. The molecule has 0 radical (unpaired) electrons. The Bertz CT molecular complexity index is 270. The van der Waals surface area contributed by atoms with Crippen LogP contribution >= 0.6 is 0 Å². The fourth-order valence-corrected chi connectivity index (χ4v) is 2.35. The number of hydrogen-bond acceptors (Lipinski definition) is 3. The van der Waals surface area contributed by atoms with Crippen LogP contribution < -0.4 is 5.73 Å². The molecule has 0 amide bonds. The zero-order chi connectivity index (χ0) is 16.7. The molecule has 0 aromatic rings. The summed E-state index contributed by atoms with van der Waals surface area (Å²) in [5, 5.41) is 18.5. The number of aliphatic hydroxyl groups excluding tert-OH is 1. The van der Waals surface area contributed by atoms with Crippen molar-refractivity contribution < 1.29 is 11.6 Å². The first-order valence-corrected chi connectivity index (χ1v) is 8.81. The van der Waals surface area contributed by atoms with Crippen LogP contribution in [0.1, 0.15) is 85.3 Å². The van der Waals surface area contributed by atoms with Gasteiger partial charge in [-0.25, -0.2) is 0 Å². The lowest BCUT2D eigenvalue weighted by molar-refractivity contribution is 0.144. The van der Waals surface area contributed by atoms with Gasteiger partial charge in [0.05, 0.1) is 20.1 Å². The molecule has 4 N–H and O–H groups in total. The minimum absolute atomic E-state index is 0.386. The Kier molecular flexibility index (Phi) is 14.2. The fraction of sp³-hybridized carbons (Fsp3) is 0.889. The second-order valence-electron chi connectivity index (χ2n) is 5.94. The maximum absolute atomic E-state index is 9.65. The van der Waals surface area contributed by atoms with Gasteiger partial charge in [0.15, 0.2) is 0 Å². The van der Waals surface area contributed by atoms with E-state index in [0.717, 1.165) is 12.8 Å². The Hall–Kier alpha value is -0.380. The molecule has 0 aromatic carbocycles. The van der Waals surface area contributed by atoms with Gasteiger partial charge >= 0.3 is 0 Å². The van der Waals surface area contributed by atoms with Crippen LogP contribution in [-0.2, 0) is 0 Å². The average molecular weight is 302 g/mol. The summed E-state index contributed by atoms with van der Waals surface area (Å²) in [5.74, 6) is 0. The van der Waals surface area contributed by atoms with E-state index >= 15 is 0 Å². The van der Waals surface area contributed by atoms with Gasteiger partial charge in [-0.15, -0.1) is 0 Å². The van der Waals surface area contributed by atoms with Crippen molar-refractivity contribution in [3.05, 3.63) is 12.2 Å². The third-order valence-corrected chi connectivity index (χ3v) is 3.84. The molecule has 0 rings (SSSR count). The first-order chi connectivity index (χ1) is 10.5. The number of nitrogens with two attached hydrogens (primary N) is 1. The van der Waals surface area contributed by atoms with Crippen LogP contribution in [0.25, 0.3) is 0 Å². The average Bonchev–Trinajstić information content (AvgIpc) is 2.50. The van der Waals surface area contributed by atoms with Crippen molar-refractivity contribution in [3.8, 4) is 0 Å². The van der Waals surface area contributed by atoms with E-state index in [9.17, 15) is 5.11 Å². The zero-order valence-electron chi connectivity index (χ0n) is 14.9. The van der Waals surface area contributed by atoms with E-state index < -0.39 is 12.1 Å². The normalized spacial score (nSPS) is 16.9. The van der Waals surface area contributed by atoms with Crippen LogP contribution in [0, 0.1) is 0 Å². The van der Waals surface area contributed by atoms with E-state index in [0.29, 0.717) is 0 Å². The molecule has 0 aromatic heterocycles. The highest BCUT2D eigenvalue weighted by Crippen LogP contribution is 2.12. The maximum Gasteiger partial charge on any atom is 0.0894 e. The molecule has 0 aliphatic heterocycles. The first kappa shape index (κ1) is 18.7. The van der Waals surface area contributed by atoms with Crippen molar-refractivity contribution >= 4 is 0 Å². The second kappa shape index (κ2) is 16.0. The molecular weight excluding hydrogens is 262 g/mol. The number of allylic oxidation sites excluding steroid dienone is 1. The minimum atomic E-state index is -1.85. The number of aliphatic hydroxyl groups is 2. The molecule has 0 bridgehead atoms. The lowest BCUT2D eigenvalue weighted by Crippen LogP contribution is -2.36. The van der Waals surface area contributed by atoms with Crippen LogP contribution in [0.5, 0.6) is 0 Å². The summed E-state index contributed by atoms with van der Waals surface area (Å²) in [6, 6.07) is -0.943. The highest BCUT2D eigenvalue weighted by Gasteiger charge is 2.08. The van der Waals surface area contributed by atoms with Gasteiger partial charge < -0.3 is 15.9 Å². The van der Waals surface area contributed by atoms with Crippen molar-refractivity contribution in [2.75, 3.05) is 6.61 Å². The van der Waals surface area contributed by atoms with Gasteiger partial charge in [0.2, 0.25) is 0 Å². The Balaban J connectivity index is 3.36. The van der Waals surface area contributed by atoms with Crippen LogP contribution in [0.4, 0.5) is 0 Å². The van der Waals surface area contributed by atoms with Crippen LogP contribution in [0.15, 0.2) is 12.2 Å². The Morgan fingerprint density at radius 2 is 1.43 bits per heavy atom. The van der Waals surface area contributed by atoms with Gasteiger partial charge in [0.1, 0.15) is 0 Å². The van der Waals surface area contributed by atoms with E-state index in [4.69, 9.17) is 12.2 Å². The summed E-state index contributed by atoms with van der Waals surface area (Å²) < 4.78 is 7.57. The Labute approximate surface area is 133 Å². The van der Waals surface area contributed by atoms with Crippen LogP contribution in [0.3, 0.4) is 0 Å². The zero-order valence-corrected chi connectivity index (χ0v) is 13.9. The lowest BCUT2D eigenvalue weighted by atomic mass is 10.0. The summed E-state index contributed by atoms with van der Waals surface area (Å²) in [5.41, 5.74) is 5.46. The highest BCUT2D eigenvalue weighted by atomic mass is 16.3. The van der Waals surface area contributed by atoms with Crippen molar-refractivity contribution in [1.82, 2.24) is 0 Å². The van der Waals surface area contributed by atoms with Gasteiger partial charge in [-0.05, 0) is 12.8 Å². The van der Waals surface area contributed by atoms with Crippen LogP contribution in [0.2, 0.25) is 0 Å². The summed E-state index contributed by atoms with van der Waals surface area (Å²) in [6.45, 7) is 1.86. The smallest absolute Gasteiger partial charge is 0.0894 e. The van der Waals surface area contributed by atoms with Crippen LogP contribution in [-0.4, -0.2) is 28.9 Å². The molecule has 0 aliphatic rings. The number of unbranched alkanes of at least 4 members (excludes halogenated alkanes) is 11. The minimum Gasteiger partial charge on any atom is -0.395 e. The standard InChI is InChI=1S/C18H37NO2/c1-2-3-4-5-6-7-8-9-10-11-12-13-14-15-18(21)17(19)16-20/h14-15,17-18,20-21H,2-13,16,19H2,1H3/b15-14+/t17-,18+/m0/s1/i18T. The Morgan fingerprint density at radius 3 is 1.90 bits per heavy atom. The number of hydrogen-bond donors (Lipinski definition) is 3. The highest BCUT2D eigenvalue weighted by molar-refractivity contribution is 4.93. The molecule has 0 fully saturated rings. The van der Waals surface area contributed by atoms with Crippen molar-refractivity contribution in [2.45, 2.75) is 96.1 Å². The quantitative estimate of drug-likeness (QED) is 0.317. The molecule has 0 saturated carbocycles. The third-order valence-electron chi connectivity index (χ3n) is 3.84. The van der Waals surface area contributed by atoms with E-state index in [1.54, 1.807) is 6.08 Å². The predicted octanol–water partition coefficient (Wildman–Crippen LogP) is 3.92. The molecule has 2 atom stereocenters. The summed E-state index contributed by atoms with van der Waals surface area (Å²) >= 11 is 0. The van der Waals surface area contributed by atoms with Crippen molar-refractivity contribution in [1.29, 1.82) is 0 Å². The molecule has 0 heterocycles. The topological polar surface area (TPSA) is 66.5 Å². The van der Waals surface area contributed by atoms with E-state index in [1.165, 1.54) is 70.3 Å². The summed E-state index contributed by atoms with van der Waals surface area (Å²) in [4.78, 5) is 0. The van der Waals surface area contributed by atoms with E-state index in [2.05, 4.69) is 6.92 Å². The molecule has 0 spiro atoms. The fourth-order valence-electron chi connectivity index (χ4n) is 2.35. The largest absolute Gasteiger partial charge is 0.395 e. The molecule has 0 unspecified atom stereocenters. The summed E-state index contributed by atoms with van der Waals surface area (Å²) in [6.07, 6.45) is 16.6. The van der Waals surface area contributed by atoms with Gasteiger partial charge in [0.25, 0.3) is 0 Å². The number of rotatable bonds is 15. The van der Waals surface area contributed by atoms with Gasteiger partial charge in [-0.2, -0.15) is 0 Å². The SMILES string of the molecule is [3H][C@@](O)(/C=C/CCCCCCCCCCCCC)[C@@H](N)CO. The Morgan fingerprint density at radius 1 is 0.952 bits per heavy atom.